The van der Waals surface area contributed by atoms with Crippen molar-refractivity contribution in [3.63, 3.8) is 0 Å². The second kappa shape index (κ2) is 6.35. The number of sulfonamides is 1. The zero-order chi connectivity index (χ0) is 12.9. The van der Waals surface area contributed by atoms with Crippen LogP contribution >= 0.6 is 0 Å². The van der Waals surface area contributed by atoms with Crippen LogP contribution in [0, 0.1) is 17.2 Å². The van der Waals surface area contributed by atoms with Crippen LogP contribution < -0.4 is 10.5 Å². The highest BCUT2D eigenvalue weighted by Crippen LogP contribution is 2.24. The lowest BCUT2D eigenvalue weighted by molar-refractivity contribution is 0.384. The number of hydrogen-bond donors (Lipinski definition) is 3. The van der Waals surface area contributed by atoms with Crippen molar-refractivity contribution in [1.29, 1.82) is 5.41 Å². The summed E-state index contributed by atoms with van der Waals surface area (Å²) in [6.07, 6.45) is 5.55. The quantitative estimate of drug-likeness (QED) is 0.492. The molecule has 5 nitrogen and oxygen atoms in total. The lowest BCUT2D eigenvalue weighted by Crippen LogP contribution is -2.37. The molecule has 100 valence electrons. The Balaban J connectivity index is 2.37. The molecule has 0 spiro atoms. The fourth-order valence-corrected chi connectivity index (χ4v) is 3.66. The van der Waals surface area contributed by atoms with E-state index in [2.05, 4.69) is 4.72 Å². The van der Waals surface area contributed by atoms with Gasteiger partial charge >= 0.3 is 0 Å². The number of hydrogen-bond acceptors (Lipinski definition) is 3. The van der Waals surface area contributed by atoms with Gasteiger partial charge in [0.05, 0.1) is 11.6 Å². The summed E-state index contributed by atoms with van der Waals surface area (Å²) in [5.41, 5.74) is 5.30. The first-order valence-electron chi connectivity index (χ1n) is 6.22. The Hall–Kier alpha value is -0.620. The maximum absolute atomic E-state index is 11.8. The average Bonchev–Trinajstić information content (AvgIpc) is 2.26. The summed E-state index contributed by atoms with van der Waals surface area (Å²) in [7, 11) is -3.21. The average molecular weight is 261 g/mol. The lowest BCUT2D eigenvalue weighted by Gasteiger charge is -2.21. The van der Waals surface area contributed by atoms with Crippen molar-refractivity contribution in [2.75, 3.05) is 12.3 Å². The Kier molecular flexibility index (Phi) is 5.39. The van der Waals surface area contributed by atoms with Crippen LogP contribution in [0.5, 0.6) is 0 Å². The summed E-state index contributed by atoms with van der Waals surface area (Å²) in [5, 5.41) is 7.20. The SMILES string of the molecule is CC(CNS(=O)(=O)CC1CCCCC1)C(=N)N. The molecule has 0 saturated heterocycles. The minimum atomic E-state index is -3.21. The summed E-state index contributed by atoms with van der Waals surface area (Å²) >= 11 is 0. The van der Waals surface area contributed by atoms with Crippen molar-refractivity contribution in [3.8, 4) is 0 Å². The monoisotopic (exact) mass is 261 g/mol. The molecule has 1 aliphatic carbocycles. The van der Waals surface area contributed by atoms with E-state index in [1.54, 1.807) is 6.92 Å². The van der Waals surface area contributed by atoms with Crippen LogP contribution in [-0.2, 0) is 10.0 Å². The zero-order valence-electron chi connectivity index (χ0n) is 10.4. The maximum atomic E-state index is 11.8. The summed E-state index contributed by atoms with van der Waals surface area (Å²) in [4.78, 5) is 0. The van der Waals surface area contributed by atoms with E-state index in [0.29, 0.717) is 5.92 Å². The van der Waals surface area contributed by atoms with Crippen molar-refractivity contribution in [2.24, 2.45) is 17.6 Å². The van der Waals surface area contributed by atoms with Gasteiger partial charge in [-0.1, -0.05) is 26.2 Å². The van der Waals surface area contributed by atoms with E-state index in [1.807, 2.05) is 0 Å². The molecule has 1 atom stereocenters. The minimum Gasteiger partial charge on any atom is -0.387 e. The molecular formula is C11H23N3O2S. The number of amidine groups is 1. The Morgan fingerprint density at radius 1 is 1.41 bits per heavy atom. The van der Waals surface area contributed by atoms with Crippen LogP contribution in [0.15, 0.2) is 0 Å². The number of nitrogens with one attached hydrogen (secondary N) is 2. The van der Waals surface area contributed by atoms with Crippen LogP contribution in [-0.4, -0.2) is 26.6 Å². The fraction of sp³-hybridized carbons (Fsp3) is 0.909. The largest absolute Gasteiger partial charge is 0.387 e. The normalized spacial score (nSPS) is 20.1. The van der Waals surface area contributed by atoms with Gasteiger partial charge in [0, 0.05) is 12.5 Å². The summed E-state index contributed by atoms with van der Waals surface area (Å²) in [6.45, 7) is 1.97. The second-order valence-electron chi connectivity index (χ2n) is 4.99. The molecule has 0 aromatic rings. The molecule has 1 rings (SSSR count). The van der Waals surface area contributed by atoms with E-state index in [9.17, 15) is 8.42 Å². The summed E-state index contributed by atoms with van der Waals surface area (Å²) in [6, 6.07) is 0. The Morgan fingerprint density at radius 2 is 2.00 bits per heavy atom. The predicted molar refractivity (Wildman–Crippen MR) is 69.4 cm³/mol. The van der Waals surface area contributed by atoms with Gasteiger partial charge < -0.3 is 5.73 Å². The van der Waals surface area contributed by atoms with Gasteiger partial charge in [-0.2, -0.15) is 0 Å². The molecule has 4 N–H and O–H groups in total. The molecule has 0 aromatic carbocycles. The first-order valence-corrected chi connectivity index (χ1v) is 7.87. The van der Waals surface area contributed by atoms with E-state index >= 15 is 0 Å². The van der Waals surface area contributed by atoms with Crippen molar-refractivity contribution >= 4 is 15.9 Å². The molecule has 0 aromatic heterocycles. The molecule has 1 aliphatic rings. The maximum Gasteiger partial charge on any atom is 0.211 e. The van der Waals surface area contributed by atoms with Gasteiger partial charge in [-0.25, -0.2) is 13.1 Å². The van der Waals surface area contributed by atoms with Gasteiger partial charge in [-0.15, -0.1) is 0 Å². The second-order valence-corrected chi connectivity index (χ2v) is 6.84. The van der Waals surface area contributed by atoms with Crippen LogP contribution in [0.4, 0.5) is 0 Å². The van der Waals surface area contributed by atoms with E-state index < -0.39 is 10.0 Å². The third kappa shape index (κ3) is 5.50. The Morgan fingerprint density at radius 3 is 2.53 bits per heavy atom. The van der Waals surface area contributed by atoms with Gasteiger partial charge in [-0.3, -0.25) is 5.41 Å². The van der Waals surface area contributed by atoms with Gasteiger partial charge in [0.2, 0.25) is 10.0 Å². The molecule has 1 fully saturated rings. The molecule has 0 aliphatic heterocycles. The van der Waals surface area contributed by atoms with Crippen molar-refractivity contribution in [2.45, 2.75) is 39.0 Å². The minimum absolute atomic E-state index is 0.0189. The van der Waals surface area contributed by atoms with E-state index in [1.165, 1.54) is 6.42 Å². The highest BCUT2D eigenvalue weighted by Gasteiger charge is 2.21. The molecule has 0 amide bonds. The smallest absolute Gasteiger partial charge is 0.211 e. The van der Waals surface area contributed by atoms with Gasteiger partial charge in [0.15, 0.2) is 0 Å². The molecule has 0 radical (unpaired) electrons. The molecule has 17 heavy (non-hydrogen) atoms. The summed E-state index contributed by atoms with van der Waals surface area (Å²) < 4.78 is 26.1. The molecule has 6 heteroatoms. The topological polar surface area (TPSA) is 96.0 Å². The lowest BCUT2D eigenvalue weighted by atomic mass is 9.91. The predicted octanol–water partition coefficient (Wildman–Crippen LogP) is 1.06. The van der Waals surface area contributed by atoms with Crippen LogP contribution in [0.3, 0.4) is 0 Å². The Labute approximate surface area is 104 Å². The number of nitrogens with two attached hydrogens (primary N) is 1. The van der Waals surface area contributed by atoms with Crippen LogP contribution in [0.1, 0.15) is 39.0 Å². The van der Waals surface area contributed by atoms with E-state index in [0.717, 1.165) is 25.7 Å². The number of rotatable bonds is 6. The molecule has 1 saturated carbocycles. The van der Waals surface area contributed by atoms with Gasteiger partial charge in [-0.05, 0) is 18.8 Å². The highest BCUT2D eigenvalue weighted by molar-refractivity contribution is 7.89. The highest BCUT2D eigenvalue weighted by atomic mass is 32.2. The van der Waals surface area contributed by atoms with Crippen LogP contribution in [0.2, 0.25) is 0 Å². The van der Waals surface area contributed by atoms with Crippen molar-refractivity contribution < 1.29 is 8.42 Å². The third-order valence-electron chi connectivity index (χ3n) is 3.32. The molecular weight excluding hydrogens is 238 g/mol. The summed E-state index contributed by atoms with van der Waals surface area (Å²) in [5.74, 6) is 0.299. The standard InChI is InChI=1S/C11H23N3O2S/c1-9(11(12)13)7-14-17(15,16)8-10-5-3-2-4-6-10/h9-10,14H,2-8H2,1H3,(H3,12,13). The molecule has 1 unspecified atom stereocenters. The van der Waals surface area contributed by atoms with E-state index in [4.69, 9.17) is 11.1 Å². The van der Waals surface area contributed by atoms with Crippen molar-refractivity contribution in [1.82, 2.24) is 4.72 Å². The van der Waals surface area contributed by atoms with Gasteiger partial charge in [0.1, 0.15) is 0 Å². The van der Waals surface area contributed by atoms with Crippen molar-refractivity contribution in [3.05, 3.63) is 0 Å². The van der Waals surface area contributed by atoms with Gasteiger partial charge in [0.25, 0.3) is 0 Å². The Bertz CT molecular complexity index is 348. The third-order valence-corrected chi connectivity index (χ3v) is 4.84. The fourth-order valence-electron chi connectivity index (χ4n) is 2.08. The zero-order valence-corrected chi connectivity index (χ0v) is 11.2. The molecule has 0 heterocycles. The first kappa shape index (κ1) is 14.4. The molecule has 0 bridgehead atoms. The van der Waals surface area contributed by atoms with Crippen LogP contribution in [0.25, 0.3) is 0 Å². The van der Waals surface area contributed by atoms with E-state index in [-0.39, 0.29) is 24.1 Å². The first-order chi connectivity index (χ1) is 7.91.